The lowest BCUT2D eigenvalue weighted by molar-refractivity contribution is -0.0511. The van der Waals surface area contributed by atoms with Crippen LogP contribution in [0, 0.1) is 0 Å². The van der Waals surface area contributed by atoms with E-state index < -0.39 is 29.0 Å². The van der Waals surface area contributed by atoms with Gasteiger partial charge in [0.1, 0.15) is 18.0 Å². The maximum absolute atomic E-state index is 12.1. The van der Waals surface area contributed by atoms with Gasteiger partial charge in [-0.05, 0) is 32.3 Å². The lowest BCUT2D eigenvalue weighted by Crippen LogP contribution is -2.55. The van der Waals surface area contributed by atoms with Crippen molar-refractivity contribution in [3.8, 4) is 0 Å². The second kappa shape index (κ2) is 5.90. The summed E-state index contributed by atoms with van der Waals surface area (Å²) >= 11 is 0. The molecule has 0 radical (unpaired) electrons. The zero-order chi connectivity index (χ0) is 17.7. The van der Waals surface area contributed by atoms with Gasteiger partial charge in [0.05, 0.1) is 6.61 Å². The van der Waals surface area contributed by atoms with Crippen LogP contribution >= 0.6 is 0 Å². The number of rotatable bonds is 1. The minimum absolute atomic E-state index is 0.167. The van der Waals surface area contributed by atoms with Crippen molar-refractivity contribution >= 4 is 22.9 Å². The highest BCUT2D eigenvalue weighted by Crippen LogP contribution is 2.38. The topological polar surface area (TPSA) is 97.8 Å². The monoisotopic (exact) mass is 369 g/mol. The first-order valence-electron chi connectivity index (χ1n) is 7.79. The van der Waals surface area contributed by atoms with Gasteiger partial charge in [-0.15, -0.1) is 0 Å². The number of aromatic nitrogens is 2. The van der Waals surface area contributed by atoms with Crippen LogP contribution < -0.4 is 11.4 Å². The van der Waals surface area contributed by atoms with Crippen molar-refractivity contribution in [2.45, 2.75) is 44.6 Å². The standard InChI is InChI=1S/C14H23N3O5Si2/c1-9-12-10(8-19-23(2,3)22-24(4,5)21-12)20-13(9)17-7-6-11(15)16-14(17)18/h6-7,10,12-13H,1,8H2,2-5H3,(H2,15,16,18)/t10-,12+,13?/m1/s1. The van der Waals surface area contributed by atoms with Gasteiger partial charge in [0.25, 0.3) is 0 Å². The molecule has 8 nitrogen and oxygen atoms in total. The summed E-state index contributed by atoms with van der Waals surface area (Å²) in [5, 5.41) is 0. The summed E-state index contributed by atoms with van der Waals surface area (Å²) in [6.07, 6.45) is 0.176. The van der Waals surface area contributed by atoms with Crippen molar-refractivity contribution in [3.63, 3.8) is 0 Å². The lowest BCUT2D eigenvalue weighted by atomic mass is 10.1. The van der Waals surface area contributed by atoms with E-state index in [0.29, 0.717) is 12.2 Å². The van der Waals surface area contributed by atoms with E-state index in [1.54, 1.807) is 12.3 Å². The molecule has 2 fully saturated rings. The van der Waals surface area contributed by atoms with Crippen molar-refractivity contribution in [1.82, 2.24) is 9.55 Å². The van der Waals surface area contributed by atoms with Crippen LogP contribution in [-0.4, -0.2) is 45.5 Å². The van der Waals surface area contributed by atoms with Gasteiger partial charge < -0.3 is 23.4 Å². The van der Waals surface area contributed by atoms with Gasteiger partial charge in [0.15, 0.2) is 6.23 Å². The van der Waals surface area contributed by atoms with Crippen LogP contribution in [0.4, 0.5) is 5.82 Å². The molecule has 3 atom stereocenters. The number of fused-ring (bicyclic) bond motifs is 1. The predicted octanol–water partition coefficient (Wildman–Crippen LogP) is 1.11. The number of hydrogen-bond donors (Lipinski definition) is 1. The van der Waals surface area contributed by atoms with Crippen molar-refractivity contribution in [2.24, 2.45) is 0 Å². The molecule has 0 bridgehead atoms. The van der Waals surface area contributed by atoms with Gasteiger partial charge in [0, 0.05) is 11.8 Å². The van der Waals surface area contributed by atoms with Gasteiger partial charge in [-0.25, -0.2) is 4.79 Å². The van der Waals surface area contributed by atoms with E-state index in [2.05, 4.69) is 11.6 Å². The Morgan fingerprint density at radius 2 is 2.04 bits per heavy atom. The molecule has 0 amide bonds. The molecule has 2 aliphatic rings. The van der Waals surface area contributed by atoms with E-state index in [9.17, 15) is 4.79 Å². The molecule has 0 aliphatic carbocycles. The molecule has 0 aromatic carbocycles. The maximum Gasteiger partial charge on any atom is 0.351 e. The summed E-state index contributed by atoms with van der Waals surface area (Å²) in [4.78, 5) is 15.9. The average molecular weight is 370 g/mol. The molecule has 1 aromatic heterocycles. The minimum Gasteiger partial charge on any atom is -0.415 e. The minimum atomic E-state index is -2.42. The van der Waals surface area contributed by atoms with Crippen LogP contribution in [0.2, 0.25) is 26.2 Å². The molecule has 1 aromatic rings. The molecule has 132 valence electrons. The fraction of sp³-hybridized carbons (Fsp3) is 0.571. The Bertz CT molecular complexity index is 721. The number of ether oxygens (including phenoxy) is 1. The van der Waals surface area contributed by atoms with Gasteiger partial charge in [-0.2, -0.15) is 4.98 Å². The summed E-state index contributed by atoms with van der Waals surface area (Å²) in [6, 6.07) is 1.55. The van der Waals surface area contributed by atoms with Crippen molar-refractivity contribution in [1.29, 1.82) is 0 Å². The molecular formula is C14H23N3O5Si2. The quantitative estimate of drug-likeness (QED) is 0.585. The Morgan fingerprint density at radius 3 is 2.71 bits per heavy atom. The summed E-state index contributed by atoms with van der Waals surface area (Å²) in [5.41, 5.74) is 5.71. The van der Waals surface area contributed by atoms with Crippen LogP contribution in [0.25, 0.3) is 0 Å². The van der Waals surface area contributed by atoms with Crippen molar-refractivity contribution < 1.29 is 17.7 Å². The highest BCUT2D eigenvalue weighted by Gasteiger charge is 2.49. The SMILES string of the molecule is C=C1C(n2ccc(N)nc2=O)O[C@@H]2CO[Si](C)(C)O[Si](C)(C)O[C@@H]12. The number of anilines is 1. The van der Waals surface area contributed by atoms with Crippen molar-refractivity contribution in [3.05, 3.63) is 34.9 Å². The molecule has 3 heterocycles. The molecule has 2 saturated heterocycles. The third kappa shape index (κ3) is 3.38. The van der Waals surface area contributed by atoms with E-state index in [1.165, 1.54) is 4.57 Å². The van der Waals surface area contributed by atoms with Crippen LogP contribution in [0.1, 0.15) is 6.23 Å². The molecule has 10 heteroatoms. The average Bonchev–Trinajstić information content (AvgIpc) is 2.71. The molecule has 0 spiro atoms. The van der Waals surface area contributed by atoms with Gasteiger partial charge >= 0.3 is 22.8 Å². The lowest BCUT2D eigenvalue weighted by Gasteiger charge is -2.39. The summed E-state index contributed by atoms with van der Waals surface area (Å²) in [6.45, 7) is 12.4. The zero-order valence-electron chi connectivity index (χ0n) is 14.3. The Morgan fingerprint density at radius 1 is 1.33 bits per heavy atom. The van der Waals surface area contributed by atoms with Gasteiger partial charge in [-0.1, -0.05) is 6.58 Å². The summed E-state index contributed by atoms with van der Waals surface area (Å²) in [5.74, 6) is 0.167. The normalized spacial score (nSPS) is 32.0. The molecule has 2 aliphatic heterocycles. The molecule has 1 unspecified atom stereocenters. The third-order valence-electron chi connectivity index (χ3n) is 3.93. The first-order chi connectivity index (χ1) is 11.1. The Hall–Kier alpha value is -1.31. The summed E-state index contributed by atoms with van der Waals surface area (Å²) in [7, 11) is -4.70. The van der Waals surface area contributed by atoms with E-state index >= 15 is 0 Å². The van der Waals surface area contributed by atoms with Crippen LogP contribution in [0.15, 0.2) is 29.2 Å². The van der Waals surface area contributed by atoms with Crippen LogP contribution in [-0.2, 0) is 17.7 Å². The molecule has 3 rings (SSSR count). The van der Waals surface area contributed by atoms with E-state index in [1.807, 2.05) is 26.2 Å². The van der Waals surface area contributed by atoms with Crippen LogP contribution in [0.3, 0.4) is 0 Å². The fourth-order valence-electron chi connectivity index (χ4n) is 3.06. The Balaban J connectivity index is 1.91. The first-order valence-corrected chi connectivity index (χ1v) is 13.4. The second-order valence-corrected chi connectivity index (χ2v) is 13.8. The maximum atomic E-state index is 12.1. The Labute approximate surface area is 142 Å². The largest absolute Gasteiger partial charge is 0.415 e. The molecular weight excluding hydrogens is 346 g/mol. The third-order valence-corrected chi connectivity index (χ3v) is 9.54. The van der Waals surface area contributed by atoms with Crippen molar-refractivity contribution in [2.75, 3.05) is 12.3 Å². The number of hydrogen-bond acceptors (Lipinski definition) is 7. The highest BCUT2D eigenvalue weighted by molar-refractivity contribution is 6.78. The number of nitrogens with zero attached hydrogens (tertiary/aromatic N) is 2. The van der Waals surface area contributed by atoms with Crippen LogP contribution in [0.5, 0.6) is 0 Å². The number of nitrogens with two attached hydrogens (primary N) is 1. The molecule has 0 saturated carbocycles. The molecule has 2 N–H and O–H groups in total. The van der Waals surface area contributed by atoms with E-state index in [-0.39, 0.29) is 18.0 Å². The van der Waals surface area contributed by atoms with Gasteiger partial charge in [-0.3, -0.25) is 4.57 Å². The number of nitrogen functional groups attached to an aromatic ring is 1. The van der Waals surface area contributed by atoms with Gasteiger partial charge in [0.2, 0.25) is 0 Å². The fourth-order valence-corrected chi connectivity index (χ4v) is 9.71. The first kappa shape index (κ1) is 17.5. The highest BCUT2D eigenvalue weighted by atomic mass is 28.5. The van der Waals surface area contributed by atoms with E-state index in [4.69, 9.17) is 23.4 Å². The smallest absolute Gasteiger partial charge is 0.351 e. The second-order valence-electron chi connectivity index (χ2n) is 6.90. The Kier molecular flexibility index (Phi) is 4.30. The molecule has 24 heavy (non-hydrogen) atoms. The zero-order valence-corrected chi connectivity index (χ0v) is 16.3. The predicted molar refractivity (Wildman–Crippen MR) is 92.8 cm³/mol. The van der Waals surface area contributed by atoms with E-state index in [0.717, 1.165) is 0 Å². The summed E-state index contributed by atoms with van der Waals surface area (Å²) < 4.78 is 25.8.